The number of hydrogen-bond acceptors (Lipinski definition) is 3. The van der Waals surface area contributed by atoms with Crippen LogP contribution >= 0.6 is 26.6 Å². The minimum Gasteiger partial charge on any atom is -0.207 e. The number of hydrogen-bond donors (Lipinski definition) is 0. The Bertz CT molecular complexity index is 493. The van der Waals surface area contributed by atoms with E-state index < -0.39 is 9.05 Å². The summed E-state index contributed by atoms with van der Waals surface area (Å²) in [5.41, 5.74) is 0.891. The van der Waals surface area contributed by atoms with Gasteiger partial charge in [-0.2, -0.15) is 5.26 Å². The summed E-state index contributed by atoms with van der Waals surface area (Å²) in [7, 11) is 1.31. The smallest absolute Gasteiger partial charge is 0.207 e. The molecule has 0 amide bonds. The Hall–Kier alpha value is -0.570. The lowest BCUT2D eigenvalue weighted by atomic mass is 10.2. The Balaban J connectivity index is 3.43. The molecular formula is C8H5BrClNO2S. The van der Waals surface area contributed by atoms with E-state index in [1.165, 1.54) is 12.1 Å². The molecular weight excluding hydrogens is 290 g/mol. The van der Waals surface area contributed by atoms with E-state index in [-0.39, 0.29) is 10.5 Å². The first kappa shape index (κ1) is 11.5. The van der Waals surface area contributed by atoms with Gasteiger partial charge in [0.25, 0.3) is 9.05 Å². The van der Waals surface area contributed by atoms with Gasteiger partial charge in [0.15, 0.2) is 0 Å². The van der Waals surface area contributed by atoms with Gasteiger partial charge in [-0.1, -0.05) is 22.0 Å². The average molecular weight is 295 g/mol. The molecule has 0 saturated heterocycles. The second-order valence-corrected chi connectivity index (χ2v) is 5.61. The zero-order valence-corrected chi connectivity index (χ0v) is 10.0. The predicted molar refractivity (Wildman–Crippen MR) is 56.8 cm³/mol. The lowest BCUT2D eigenvalue weighted by Crippen LogP contribution is -1.95. The molecule has 0 radical (unpaired) electrons. The quantitative estimate of drug-likeness (QED) is 0.621. The fourth-order valence-corrected chi connectivity index (χ4v) is 2.31. The molecule has 0 fully saturated rings. The topological polar surface area (TPSA) is 57.9 Å². The van der Waals surface area contributed by atoms with Crippen molar-refractivity contribution in [3.05, 3.63) is 29.3 Å². The van der Waals surface area contributed by atoms with E-state index in [4.69, 9.17) is 15.9 Å². The summed E-state index contributed by atoms with van der Waals surface area (Å²) in [6.45, 7) is 0. The second-order valence-electron chi connectivity index (χ2n) is 2.51. The van der Waals surface area contributed by atoms with E-state index >= 15 is 0 Å². The average Bonchev–Trinajstić information content (AvgIpc) is 2.15. The molecule has 1 rings (SSSR count). The van der Waals surface area contributed by atoms with E-state index in [0.717, 1.165) is 5.56 Å². The van der Waals surface area contributed by atoms with E-state index in [1.807, 2.05) is 0 Å². The predicted octanol–water partition coefficient (Wildman–Crippen LogP) is 2.38. The van der Waals surface area contributed by atoms with E-state index in [1.54, 1.807) is 12.1 Å². The fourth-order valence-electron chi connectivity index (χ4n) is 0.960. The number of nitriles is 1. The van der Waals surface area contributed by atoms with Crippen molar-refractivity contribution in [2.45, 2.75) is 10.2 Å². The Morgan fingerprint density at radius 3 is 2.57 bits per heavy atom. The first-order chi connectivity index (χ1) is 6.49. The Morgan fingerprint density at radius 2 is 2.14 bits per heavy atom. The molecule has 0 saturated carbocycles. The molecule has 14 heavy (non-hydrogen) atoms. The normalized spacial score (nSPS) is 10.9. The maximum atomic E-state index is 11.0. The third-order valence-corrected chi connectivity index (χ3v) is 3.61. The lowest BCUT2D eigenvalue weighted by molar-refractivity contribution is 0.609. The fraction of sp³-hybridized carbons (Fsp3) is 0.125. The van der Waals surface area contributed by atoms with Gasteiger partial charge in [0.2, 0.25) is 0 Å². The molecule has 0 bridgehead atoms. The molecule has 0 unspecified atom stereocenters. The van der Waals surface area contributed by atoms with Crippen LogP contribution in [0.5, 0.6) is 0 Å². The summed E-state index contributed by atoms with van der Waals surface area (Å²) in [5.74, 6) is 0. The van der Waals surface area contributed by atoms with Crippen LogP contribution in [0.2, 0.25) is 0 Å². The molecule has 0 aliphatic carbocycles. The summed E-state index contributed by atoms with van der Waals surface area (Å²) < 4.78 is 22.0. The van der Waals surface area contributed by atoms with Crippen molar-refractivity contribution in [1.82, 2.24) is 0 Å². The summed E-state index contributed by atoms with van der Waals surface area (Å²) in [5, 5.41) is 9.27. The SMILES string of the molecule is N#Cc1cc(CBr)ccc1S(=O)(=O)Cl. The monoisotopic (exact) mass is 293 g/mol. The van der Waals surface area contributed by atoms with Gasteiger partial charge in [0, 0.05) is 16.0 Å². The number of rotatable bonds is 2. The van der Waals surface area contributed by atoms with E-state index in [2.05, 4.69) is 15.9 Å². The van der Waals surface area contributed by atoms with Crippen LogP contribution in [0.25, 0.3) is 0 Å². The molecule has 6 heteroatoms. The van der Waals surface area contributed by atoms with Crippen LogP contribution in [0.4, 0.5) is 0 Å². The number of benzene rings is 1. The highest BCUT2D eigenvalue weighted by Gasteiger charge is 2.15. The zero-order valence-electron chi connectivity index (χ0n) is 6.87. The molecule has 3 nitrogen and oxygen atoms in total. The standard InChI is InChI=1S/C8H5BrClNO2S/c9-4-6-1-2-8(14(10,12)13)7(3-6)5-11/h1-3H,4H2. The lowest BCUT2D eigenvalue weighted by Gasteiger charge is -2.01. The third kappa shape index (κ3) is 2.47. The Labute approximate surface area is 94.9 Å². The highest BCUT2D eigenvalue weighted by Crippen LogP contribution is 2.21. The van der Waals surface area contributed by atoms with Crippen molar-refractivity contribution in [1.29, 1.82) is 5.26 Å². The molecule has 0 aromatic heterocycles. The van der Waals surface area contributed by atoms with Crippen LogP contribution < -0.4 is 0 Å². The van der Waals surface area contributed by atoms with Gasteiger partial charge in [-0.05, 0) is 17.7 Å². The van der Waals surface area contributed by atoms with Crippen molar-refractivity contribution in [2.75, 3.05) is 0 Å². The van der Waals surface area contributed by atoms with Gasteiger partial charge in [-0.15, -0.1) is 0 Å². The van der Waals surface area contributed by atoms with Crippen LogP contribution in [-0.2, 0) is 14.4 Å². The molecule has 74 valence electrons. The van der Waals surface area contributed by atoms with Gasteiger partial charge in [-0.3, -0.25) is 0 Å². The number of alkyl halides is 1. The van der Waals surface area contributed by atoms with Crippen molar-refractivity contribution < 1.29 is 8.42 Å². The van der Waals surface area contributed by atoms with Crippen molar-refractivity contribution in [2.24, 2.45) is 0 Å². The summed E-state index contributed by atoms with van der Waals surface area (Å²) >= 11 is 3.20. The summed E-state index contributed by atoms with van der Waals surface area (Å²) in [4.78, 5) is -0.147. The zero-order chi connectivity index (χ0) is 10.8. The number of nitrogens with zero attached hydrogens (tertiary/aromatic N) is 1. The van der Waals surface area contributed by atoms with Crippen LogP contribution in [0.15, 0.2) is 23.1 Å². The van der Waals surface area contributed by atoms with Crippen LogP contribution in [0, 0.1) is 11.3 Å². The highest BCUT2D eigenvalue weighted by molar-refractivity contribution is 9.08. The van der Waals surface area contributed by atoms with Gasteiger partial charge in [0.1, 0.15) is 11.0 Å². The molecule has 0 aliphatic heterocycles. The highest BCUT2D eigenvalue weighted by atomic mass is 79.9. The summed E-state index contributed by atoms with van der Waals surface area (Å²) in [6.07, 6.45) is 0. The van der Waals surface area contributed by atoms with E-state index in [9.17, 15) is 8.42 Å². The van der Waals surface area contributed by atoms with Crippen LogP contribution in [0.1, 0.15) is 11.1 Å². The molecule has 0 atom stereocenters. The van der Waals surface area contributed by atoms with Gasteiger partial charge >= 0.3 is 0 Å². The first-order valence-electron chi connectivity index (χ1n) is 3.52. The maximum absolute atomic E-state index is 11.0. The Morgan fingerprint density at radius 1 is 1.50 bits per heavy atom. The van der Waals surface area contributed by atoms with Crippen LogP contribution in [-0.4, -0.2) is 8.42 Å². The largest absolute Gasteiger partial charge is 0.262 e. The molecule has 1 aromatic rings. The van der Waals surface area contributed by atoms with Gasteiger partial charge in [0.05, 0.1) is 5.56 Å². The third-order valence-electron chi connectivity index (χ3n) is 1.58. The summed E-state index contributed by atoms with van der Waals surface area (Å²) in [6, 6.07) is 6.22. The van der Waals surface area contributed by atoms with Gasteiger partial charge < -0.3 is 0 Å². The molecule has 0 spiro atoms. The second kappa shape index (κ2) is 4.30. The van der Waals surface area contributed by atoms with Crippen molar-refractivity contribution in [3.8, 4) is 6.07 Å². The molecule has 1 aromatic carbocycles. The minimum absolute atomic E-state index is 0.0666. The van der Waals surface area contributed by atoms with Crippen molar-refractivity contribution in [3.63, 3.8) is 0 Å². The minimum atomic E-state index is -3.84. The van der Waals surface area contributed by atoms with Gasteiger partial charge in [-0.25, -0.2) is 8.42 Å². The Kier molecular flexibility index (Phi) is 3.53. The van der Waals surface area contributed by atoms with E-state index in [0.29, 0.717) is 5.33 Å². The van der Waals surface area contributed by atoms with Crippen LogP contribution in [0.3, 0.4) is 0 Å². The van der Waals surface area contributed by atoms with Crippen molar-refractivity contribution >= 4 is 35.7 Å². The molecule has 0 N–H and O–H groups in total. The molecule has 0 heterocycles. The molecule has 0 aliphatic rings. The number of halogens is 2. The maximum Gasteiger partial charge on any atom is 0.262 e. The first-order valence-corrected chi connectivity index (χ1v) is 6.96.